The summed E-state index contributed by atoms with van der Waals surface area (Å²) >= 11 is 0. The van der Waals surface area contributed by atoms with Gasteiger partial charge in [-0.3, -0.25) is 0 Å². The van der Waals surface area contributed by atoms with Crippen LogP contribution in [-0.2, 0) is 22.7 Å². The van der Waals surface area contributed by atoms with E-state index in [0.29, 0.717) is 30.3 Å². The monoisotopic (exact) mass is 434 g/mol. The molecule has 6 heteroatoms. The number of carbonyl (C=O) groups excluding carboxylic acids is 1. The van der Waals surface area contributed by atoms with Crippen molar-refractivity contribution in [2.45, 2.75) is 19.3 Å². The SMILES string of the molecule is O=C(/C=C/c1ccc(OCc2ccccc2)cc1OCc1ccccc1)OCC(O)CO. The van der Waals surface area contributed by atoms with Crippen LogP contribution in [0.25, 0.3) is 6.08 Å². The third-order valence-corrected chi connectivity index (χ3v) is 4.50. The molecule has 0 saturated heterocycles. The van der Waals surface area contributed by atoms with Gasteiger partial charge in [0.1, 0.15) is 37.4 Å². The van der Waals surface area contributed by atoms with Gasteiger partial charge in [0, 0.05) is 17.7 Å². The van der Waals surface area contributed by atoms with Crippen LogP contribution >= 0.6 is 0 Å². The normalized spacial score (nSPS) is 11.8. The second kappa shape index (κ2) is 12.3. The summed E-state index contributed by atoms with van der Waals surface area (Å²) in [6, 6.07) is 25.0. The lowest BCUT2D eigenvalue weighted by atomic mass is 10.1. The first-order valence-corrected chi connectivity index (χ1v) is 10.3. The molecule has 0 fully saturated rings. The van der Waals surface area contributed by atoms with E-state index in [9.17, 15) is 9.90 Å². The van der Waals surface area contributed by atoms with Crippen molar-refractivity contribution in [2.75, 3.05) is 13.2 Å². The first-order chi connectivity index (χ1) is 15.6. The van der Waals surface area contributed by atoms with Crippen molar-refractivity contribution < 1.29 is 29.2 Å². The summed E-state index contributed by atoms with van der Waals surface area (Å²) in [7, 11) is 0. The maximum absolute atomic E-state index is 11.9. The van der Waals surface area contributed by atoms with Crippen LogP contribution in [-0.4, -0.2) is 35.5 Å². The minimum atomic E-state index is -1.10. The molecule has 6 nitrogen and oxygen atoms in total. The molecule has 3 rings (SSSR count). The van der Waals surface area contributed by atoms with E-state index >= 15 is 0 Å². The molecule has 1 unspecified atom stereocenters. The quantitative estimate of drug-likeness (QED) is 0.353. The van der Waals surface area contributed by atoms with Gasteiger partial charge in [-0.15, -0.1) is 0 Å². The fraction of sp³-hybridized carbons (Fsp3) is 0.192. The molecule has 0 spiro atoms. The molecule has 0 aliphatic heterocycles. The number of hydrogen-bond donors (Lipinski definition) is 2. The van der Waals surface area contributed by atoms with Crippen molar-refractivity contribution in [2.24, 2.45) is 0 Å². The first kappa shape index (κ1) is 23.1. The Hall–Kier alpha value is -3.61. The average Bonchev–Trinajstić information content (AvgIpc) is 2.85. The highest BCUT2D eigenvalue weighted by atomic mass is 16.5. The summed E-state index contributed by atoms with van der Waals surface area (Å²) in [5, 5.41) is 18.1. The zero-order chi connectivity index (χ0) is 22.6. The largest absolute Gasteiger partial charge is 0.489 e. The van der Waals surface area contributed by atoms with E-state index in [1.54, 1.807) is 24.3 Å². The van der Waals surface area contributed by atoms with Crippen molar-refractivity contribution in [3.8, 4) is 11.5 Å². The van der Waals surface area contributed by atoms with E-state index < -0.39 is 18.7 Å². The van der Waals surface area contributed by atoms with Gasteiger partial charge in [0.2, 0.25) is 0 Å². The Labute approximate surface area is 187 Å². The Morgan fingerprint density at radius 2 is 1.50 bits per heavy atom. The van der Waals surface area contributed by atoms with Gasteiger partial charge in [0.15, 0.2) is 0 Å². The minimum absolute atomic E-state index is 0.275. The molecule has 3 aromatic rings. The van der Waals surface area contributed by atoms with E-state index in [-0.39, 0.29) is 6.61 Å². The fourth-order valence-corrected chi connectivity index (χ4v) is 2.78. The Kier molecular flexibility index (Phi) is 8.86. The summed E-state index contributed by atoms with van der Waals surface area (Å²) in [5.41, 5.74) is 2.74. The highest BCUT2D eigenvalue weighted by molar-refractivity contribution is 5.87. The molecule has 166 valence electrons. The number of carbonyl (C=O) groups is 1. The number of aliphatic hydroxyl groups is 2. The van der Waals surface area contributed by atoms with Crippen molar-refractivity contribution >= 4 is 12.0 Å². The van der Waals surface area contributed by atoms with Crippen molar-refractivity contribution in [3.05, 3.63) is 102 Å². The highest BCUT2D eigenvalue weighted by Gasteiger charge is 2.08. The molecule has 0 aliphatic carbocycles. The molecular formula is C26H26O6. The van der Waals surface area contributed by atoms with Crippen LogP contribution < -0.4 is 9.47 Å². The Morgan fingerprint density at radius 1 is 0.875 bits per heavy atom. The van der Waals surface area contributed by atoms with Crippen molar-refractivity contribution in [1.29, 1.82) is 0 Å². The maximum atomic E-state index is 11.9. The first-order valence-electron chi connectivity index (χ1n) is 10.3. The van der Waals surface area contributed by atoms with Crippen LogP contribution in [0, 0.1) is 0 Å². The van der Waals surface area contributed by atoms with Crippen LogP contribution in [0.5, 0.6) is 11.5 Å². The molecule has 0 radical (unpaired) electrons. The molecular weight excluding hydrogens is 408 g/mol. The van der Waals surface area contributed by atoms with Crippen LogP contribution in [0.3, 0.4) is 0 Å². The number of hydrogen-bond acceptors (Lipinski definition) is 6. The predicted molar refractivity (Wildman–Crippen MR) is 121 cm³/mol. The van der Waals surface area contributed by atoms with Gasteiger partial charge in [-0.05, 0) is 29.3 Å². The van der Waals surface area contributed by atoms with E-state index in [1.165, 1.54) is 6.08 Å². The number of benzene rings is 3. The Morgan fingerprint density at radius 3 is 2.12 bits per heavy atom. The Bertz CT molecular complexity index is 1000. The molecule has 0 heterocycles. The van der Waals surface area contributed by atoms with Gasteiger partial charge in [-0.1, -0.05) is 60.7 Å². The van der Waals surface area contributed by atoms with Crippen LogP contribution in [0.2, 0.25) is 0 Å². The third kappa shape index (κ3) is 7.58. The summed E-state index contributed by atoms with van der Waals surface area (Å²) in [4.78, 5) is 11.9. The van der Waals surface area contributed by atoms with Gasteiger partial charge >= 0.3 is 5.97 Å². The lowest BCUT2D eigenvalue weighted by Gasteiger charge is -2.13. The minimum Gasteiger partial charge on any atom is -0.489 e. The number of rotatable bonds is 11. The average molecular weight is 434 g/mol. The molecule has 0 amide bonds. The summed E-state index contributed by atoms with van der Waals surface area (Å²) in [6.45, 7) is 0.0346. The molecule has 0 aromatic heterocycles. The molecule has 32 heavy (non-hydrogen) atoms. The van der Waals surface area contributed by atoms with Gasteiger partial charge in [0.05, 0.1) is 6.61 Å². The summed E-state index contributed by atoms with van der Waals surface area (Å²) < 4.78 is 16.8. The standard InChI is InChI=1S/C26H26O6/c27-16-23(28)19-32-26(29)14-12-22-11-13-24(30-17-20-7-3-1-4-8-20)15-25(22)31-18-21-9-5-2-6-10-21/h1-15,23,27-28H,16-19H2/b14-12+. The Balaban J connectivity index is 1.71. The number of esters is 1. The van der Waals surface area contributed by atoms with E-state index in [1.807, 2.05) is 60.7 Å². The predicted octanol–water partition coefficient (Wildman–Crippen LogP) is 3.75. The third-order valence-electron chi connectivity index (χ3n) is 4.50. The van der Waals surface area contributed by atoms with E-state index in [4.69, 9.17) is 19.3 Å². The number of ether oxygens (including phenoxy) is 3. The second-order valence-corrected chi connectivity index (χ2v) is 7.05. The van der Waals surface area contributed by atoms with Gasteiger partial charge < -0.3 is 24.4 Å². The number of aliphatic hydroxyl groups excluding tert-OH is 2. The van der Waals surface area contributed by atoms with Gasteiger partial charge in [-0.25, -0.2) is 4.79 Å². The topological polar surface area (TPSA) is 85.2 Å². The van der Waals surface area contributed by atoms with Gasteiger partial charge in [-0.2, -0.15) is 0 Å². The summed E-state index contributed by atoms with van der Waals surface area (Å²) in [5.74, 6) is 0.567. The van der Waals surface area contributed by atoms with E-state index in [2.05, 4.69) is 0 Å². The smallest absolute Gasteiger partial charge is 0.330 e. The maximum Gasteiger partial charge on any atom is 0.330 e. The lowest BCUT2D eigenvalue weighted by Crippen LogP contribution is -2.21. The molecule has 0 aliphatic rings. The van der Waals surface area contributed by atoms with E-state index in [0.717, 1.165) is 11.1 Å². The zero-order valence-electron chi connectivity index (χ0n) is 17.6. The van der Waals surface area contributed by atoms with Crippen molar-refractivity contribution in [3.63, 3.8) is 0 Å². The lowest BCUT2D eigenvalue weighted by molar-refractivity contribution is -0.141. The fourth-order valence-electron chi connectivity index (χ4n) is 2.78. The molecule has 2 N–H and O–H groups in total. The summed E-state index contributed by atoms with van der Waals surface area (Å²) in [6.07, 6.45) is 1.73. The van der Waals surface area contributed by atoms with Crippen LogP contribution in [0.1, 0.15) is 16.7 Å². The van der Waals surface area contributed by atoms with Crippen LogP contribution in [0.15, 0.2) is 84.9 Å². The van der Waals surface area contributed by atoms with Gasteiger partial charge in [0.25, 0.3) is 0 Å². The molecule has 0 saturated carbocycles. The molecule has 3 aromatic carbocycles. The zero-order valence-corrected chi connectivity index (χ0v) is 17.6. The molecule has 0 bridgehead atoms. The van der Waals surface area contributed by atoms with Crippen LogP contribution in [0.4, 0.5) is 0 Å². The highest BCUT2D eigenvalue weighted by Crippen LogP contribution is 2.27. The second-order valence-electron chi connectivity index (χ2n) is 7.05. The molecule has 1 atom stereocenters. The van der Waals surface area contributed by atoms with Crippen molar-refractivity contribution in [1.82, 2.24) is 0 Å².